The van der Waals surface area contributed by atoms with Crippen LogP contribution in [0.2, 0.25) is 0 Å². The Morgan fingerprint density at radius 2 is 1.37 bits per heavy atom. The second kappa shape index (κ2) is 17.3. The molecular weight excluding hydrogens is 590 g/mol. The van der Waals surface area contributed by atoms with Gasteiger partial charge in [-0.05, 0) is 43.9 Å². The van der Waals surface area contributed by atoms with E-state index in [1.165, 1.54) is 118 Å². The zero-order chi connectivity index (χ0) is 30.7. The highest BCUT2D eigenvalue weighted by atomic mass is 35.5. The number of benzene rings is 1. The van der Waals surface area contributed by atoms with E-state index in [4.69, 9.17) is 13.6 Å². The predicted molar refractivity (Wildman–Crippen MR) is 181 cm³/mol. The summed E-state index contributed by atoms with van der Waals surface area (Å²) in [5.74, 6) is 1.60. The molecule has 4 nitrogen and oxygen atoms in total. The van der Waals surface area contributed by atoms with E-state index in [1.54, 1.807) is 0 Å². The highest BCUT2D eigenvalue weighted by Gasteiger charge is 2.45. The second-order valence-corrected chi connectivity index (χ2v) is 13.6. The highest BCUT2D eigenvalue weighted by molar-refractivity contribution is 5.49. The molecule has 2 bridgehead atoms. The first kappa shape index (κ1) is 34.4. The van der Waals surface area contributed by atoms with Gasteiger partial charge in [0.1, 0.15) is 5.75 Å². The standard InChI is InChI=1S/C41H54NO3.ClH/c1-2-3-4-13-25-41(33-23-29-43-31-33,34-24-30-44-32-34)26-14-10-8-6-5-7-9-11-16-28-45-39-20-17-18-35-38-22-21-36(40(35)39)37-19-12-15-27-42(37)38;/h12,15,17-20,23-24,27,29-32,36,38H,2-11,13-14,16,21-22,25-26,28H2,1H3;1H/q+1;/p-1. The Kier molecular flexibility index (Phi) is 12.9. The van der Waals surface area contributed by atoms with Crippen molar-refractivity contribution in [1.82, 2.24) is 0 Å². The number of halogens is 1. The minimum absolute atomic E-state index is 0. The fraction of sp³-hybridized carbons (Fsp3) is 0.537. The molecule has 0 amide bonds. The molecule has 2 atom stereocenters. The number of rotatable bonds is 20. The van der Waals surface area contributed by atoms with E-state index < -0.39 is 0 Å². The van der Waals surface area contributed by atoms with Gasteiger partial charge in [-0.3, -0.25) is 0 Å². The van der Waals surface area contributed by atoms with E-state index >= 15 is 0 Å². The van der Waals surface area contributed by atoms with Gasteiger partial charge in [0.05, 0.1) is 37.6 Å². The zero-order valence-electron chi connectivity index (χ0n) is 27.9. The molecule has 0 fully saturated rings. The summed E-state index contributed by atoms with van der Waals surface area (Å²) in [6.07, 6.45) is 31.4. The Bertz CT molecular complexity index is 1400. The smallest absolute Gasteiger partial charge is 0.189 e. The summed E-state index contributed by atoms with van der Waals surface area (Å²) in [7, 11) is 0. The van der Waals surface area contributed by atoms with E-state index in [2.05, 4.69) is 66.2 Å². The van der Waals surface area contributed by atoms with Gasteiger partial charge in [-0.2, -0.15) is 4.57 Å². The molecule has 0 saturated heterocycles. The van der Waals surface area contributed by atoms with Gasteiger partial charge in [0.2, 0.25) is 0 Å². The van der Waals surface area contributed by atoms with Crippen molar-refractivity contribution in [3.8, 4) is 5.75 Å². The molecule has 3 aliphatic rings. The predicted octanol–water partition coefficient (Wildman–Crippen LogP) is 8.23. The number of ether oxygens (including phenoxy) is 1. The molecule has 2 unspecified atom stereocenters. The van der Waals surface area contributed by atoms with Crippen molar-refractivity contribution in [3.05, 3.63) is 108 Å². The van der Waals surface area contributed by atoms with Crippen LogP contribution in [0.3, 0.4) is 0 Å². The van der Waals surface area contributed by atoms with Crippen LogP contribution in [-0.4, -0.2) is 6.61 Å². The summed E-state index contributed by atoms with van der Waals surface area (Å²) < 4.78 is 20.1. The van der Waals surface area contributed by atoms with Gasteiger partial charge in [0.15, 0.2) is 17.9 Å². The van der Waals surface area contributed by atoms with Gasteiger partial charge in [0.25, 0.3) is 0 Å². The first-order chi connectivity index (χ1) is 22.3. The maximum atomic E-state index is 6.44. The Hall–Kier alpha value is -2.98. The normalized spacial score (nSPS) is 16.5. The fourth-order valence-electron chi connectivity index (χ4n) is 8.35. The molecule has 4 aromatic rings. The average Bonchev–Trinajstić information content (AvgIpc) is 3.83. The first-order valence-corrected chi connectivity index (χ1v) is 18.1. The Balaban J connectivity index is 0.00000417. The van der Waals surface area contributed by atoms with E-state index in [0.717, 1.165) is 31.6 Å². The minimum Gasteiger partial charge on any atom is -1.00 e. The molecule has 0 N–H and O–H groups in total. The molecule has 248 valence electrons. The van der Waals surface area contributed by atoms with E-state index in [-0.39, 0.29) is 17.8 Å². The maximum Gasteiger partial charge on any atom is 0.189 e. The number of unbranched alkanes of at least 4 members (excludes halogenated alkanes) is 11. The van der Waals surface area contributed by atoms with Crippen LogP contribution in [0, 0.1) is 0 Å². The molecule has 0 saturated carbocycles. The van der Waals surface area contributed by atoms with E-state index in [0.29, 0.717) is 12.0 Å². The molecule has 46 heavy (non-hydrogen) atoms. The van der Waals surface area contributed by atoms with Crippen LogP contribution < -0.4 is 21.7 Å². The van der Waals surface area contributed by atoms with Crippen LogP contribution >= 0.6 is 0 Å². The van der Waals surface area contributed by atoms with Gasteiger partial charge in [-0.15, -0.1) is 0 Å². The number of fused-ring (bicyclic) bond motifs is 1. The van der Waals surface area contributed by atoms with E-state index in [9.17, 15) is 0 Å². The van der Waals surface area contributed by atoms with Crippen LogP contribution in [0.15, 0.2) is 88.6 Å². The number of pyridine rings is 1. The van der Waals surface area contributed by atoms with Crippen LogP contribution in [0.4, 0.5) is 0 Å². The number of furan rings is 2. The highest BCUT2D eigenvalue weighted by Crippen LogP contribution is 2.48. The summed E-state index contributed by atoms with van der Waals surface area (Å²) in [5, 5.41) is 0. The second-order valence-electron chi connectivity index (χ2n) is 13.6. The molecule has 1 aromatic carbocycles. The summed E-state index contributed by atoms with van der Waals surface area (Å²) in [6, 6.07) is 18.2. The molecule has 7 rings (SSSR count). The van der Waals surface area contributed by atoms with Crippen molar-refractivity contribution in [3.63, 3.8) is 0 Å². The van der Waals surface area contributed by atoms with Crippen molar-refractivity contribution in [2.75, 3.05) is 6.61 Å². The third-order valence-corrected chi connectivity index (χ3v) is 10.8. The van der Waals surface area contributed by atoms with Crippen molar-refractivity contribution in [2.24, 2.45) is 0 Å². The minimum atomic E-state index is 0. The number of hydrogen-bond acceptors (Lipinski definition) is 3. The molecule has 0 radical (unpaired) electrons. The Labute approximate surface area is 283 Å². The van der Waals surface area contributed by atoms with Gasteiger partial charge in [-0.25, -0.2) is 0 Å². The largest absolute Gasteiger partial charge is 1.00 e. The van der Waals surface area contributed by atoms with Crippen LogP contribution in [0.1, 0.15) is 156 Å². The quantitative estimate of drug-likeness (QED) is 0.0719. The SMILES string of the molecule is CCCCCCC(CCCCCCCCCCCOc1cccc2c1C1CCC2[n+]2ccccc21)(c1ccoc1)c1ccoc1.[Cl-]. The lowest BCUT2D eigenvalue weighted by atomic mass is 9.69. The van der Waals surface area contributed by atoms with Crippen molar-refractivity contribution in [2.45, 2.75) is 133 Å². The lowest BCUT2D eigenvalue weighted by molar-refractivity contribution is -0.730. The third-order valence-electron chi connectivity index (χ3n) is 10.8. The number of hydrogen-bond donors (Lipinski definition) is 0. The molecule has 1 aliphatic carbocycles. The third kappa shape index (κ3) is 7.76. The van der Waals surface area contributed by atoms with Gasteiger partial charge < -0.3 is 26.0 Å². The molecule has 0 spiro atoms. The van der Waals surface area contributed by atoms with Crippen LogP contribution in [0.5, 0.6) is 5.75 Å². The van der Waals surface area contributed by atoms with Crippen LogP contribution in [0.25, 0.3) is 0 Å². The Morgan fingerprint density at radius 1 is 0.717 bits per heavy atom. The molecular formula is C41H54ClNO3. The van der Waals surface area contributed by atoms with E-state index in [1.807, 2.05) is 25.1 Å². The molecule has 3 aromatic heterocycles. The van der Waals surface area contributed by atoms with Gasteiger partial charge in [-0.1, -0.05) is 102 Å². The number of aromatic nitrogens is 1. The topological polar surface area (TPSA) is 39.4 Å². The fourth-order valence-corrected chi connectivity index (χ4v) is 8.35. The molecule has 5 heteroatoms. The lowest BCUT2D eigenvalue weighted by Gasteiger charge is -2.35. The monoisotopic (exact) mass is 643 g/mol. The summed E-state index contributed by atoms with van der Waals surface area (Å²) in [5.41, 5.74) is 7.03. The molecule has 2 aliphatic heterocycles. The van der Waals surface area contributed by atoms with Gasteiger partial charge in [0, 0.05) is 46.2 Å². The average molecular weight is 644 g/mol. The molecule has 5 heterocycles. The van der Waals surface area contributed by atoms with Crippen molar-refractivity contribution < 1.29 is 30.5 Å². The summed E-state index contributed by atoms with van der Waals surface area (Å²) in [4.78, 5) is 0. The maximum absolute atomic E-state index is 6.44. The zero-order valence-corrected chi connectivity index (χ0v) is 28.7. The summed E-state index contributed by atoms with van der Waals surface area (Å²) in [6.45, 7) is 3.11. The number of nitrogens with zero attached hydrogens (tertiary/aromatic N) is 1. The summed E-state index contributed by atoms with van der Waals surface area (Å²) >= 11 is 0. The Morgan fingerprint density at radius 3 is 2.02 bits per heavy atom. The van der Waals surface area contributed by atoms with Gasteiger partial charge >= 0.3 is 0 Å². The van der Waals surface area contributed by atoms with Crippen molar-refractivity contribution in [1.29, 1.82) is 0 Å². The lowest BCUT2D eigenvalue weighted by Crippen LogP contribution is -3.00. The van der Waals surface area contributed by atoms with Crippen molar-refractivity contribution >= 4 is 0 Å². The van der Waals surface area contributed by atoms with Crippen LogP contribution in [-0.2, 0) is 5.41 Å². The first-order valence-electron chi connectivity index (χ1n) is 18.1.